The molecule has 2 nitrogen and oxygen atoms in total. The molecular formula is C16H17F2NO. The molecule has 0 aromatic heterocycles. The van der Waals surface area contributed by atoms with Crippen LogP contribution in [0.3, 0.4) is 0 Å². The first-order valence-corrected chi connectivity index (χ1v) is 6.41. The third-order valence-corrected chi connectivity index (χ3v) is 3.08. The summed E-state index contributed by atoms with van der Waals surface area (Å²) in [6.45, 7) is 0.929. The number of nitrogens with zero attached hydrogens (tertiary/aromatic N) is 1. The Labute approximate surface area is 117 Å². The van der Waals surface area contributed by atoms with E-state index in [1.165, 1.54) is 24.3 Å². The van der Waals surface area contributed by atoms with Gasteiger partial charge in [-0.3, -0.25) is 4.90 Å². The largest absolute Gasteiger partial charge is 0.387 e. The first kappa shape index (κ1) is 14.6. The van der Waals surface area contributed by atoms with Crippen molar-refractivity contribution >= 4 is 0 Å². The zero-order chi connectivity index (χ0) is 14.5. The van der Waals surface area contributed by atoms with Gasteiger partial charge in [0.2, 0.25) is 0 Å². The van der Waals surface area contributed by atoms with E-state index >= 15 is 0 Å². The lowest BCUT2D eigenvalue weighted by atomic mass is 10.1. The zero-order valence-electron chi connectivity index (χ0n) is 11.3. The van der Waals surface area contributed by atoms with Gasteiger partial charge in [0.25, 0.3) is 0 Å². The molecule has 0 aliphatic rings. The second-order valence-electron chi connectivity index (χ2n) is 4.89. The number of aliphatic hydroxyl groups is 1. The van der Waals surface area contributed by atoms with Gasteiger partial charge in [0, 0.05) is 13.1 Å². The highest BCUT2D eigenvalue weighted by Crippen LogP contribution is 2.15. The van der Waals surface area contributed by atoms with Crippen LogP contribution in [0.2, 0.25) is 0 Å². The Bertz CT molecular complexity index is 557. The quantitative estimate of drug-likeness (QED) is 0.907. The van der Waals surface area contributed by atoms with E-state index in [4.69, 9.17) is 0 Å². The van der Waals surface area contributed by atoms with Gasteiger partial charge in [-0.1, -0.05) is 24.3 Å². The number of rotatable bonds is 5. The molecule has 0 spiro atoms. The van der Waals surface area contributed by atoms with Crippen molar-refractivity contribution in [2.24, 2.45) is 0 Å². The van der Waals surface area contributed by atoms with E-state index in [0.717, 1.165) is 5.56 Å². The summed E-state index contributed by atoms with van der Waals surface area (Å²) in [4.78, 5) is 1.89. The Kier molecular flexibility index (Phi) is 4.82. The highest BCUT2D eigenvalue weighted by Gasteiger charge is 2.11. The second kappa shape index (κ2) is 6.59. The average Bonchev–Trinajstić information content (AvgIpc) is 2.39. The Morgan fingerprint density at radius 1 is 1.05 bits per heavy atom. The SMILES string of the molecule is CN(Cc1cccc(F)c1)CC(O)c1ccc(F)cc1. The van der Waals surface area contributed by atoms with Crippen LogP contribution in [0.4, 0.5) is 8.78 Å². The van der Waals surface area contributed by atoms with Gasteiger partial charge in [-0.2, -0.15) is 0 Å². The predicted molar refractivity (Wildman–Crippen MR) is 74.1 cm³/mol. The van der Waals surface area contributed by atoms with Gasteiger partial charge in [0.15, 0.2) is 0 Å². The molecular weight excluding hydrogens is 260 g/mol. The molecule has 0 heterocycles. The third-order valence-electron chi connectivity index (χ3n) is 3.08. The number of hydrogen-bond donors (Lipinski definition) is 1. The van der Waals surface area contributed by atoms with E-state index in [1.54, 1.807) is 18.2 Å². The summed E-state index contributed by atoms with van der Waals surface area (Å²) in [6.07, 6.45) is -0.700. The van der Waals surface area contributed by atoms with E-state index in [9.17, 15) is 13.9 Å². The van der Waals surface area contributed by atoms with Gasteiger partial charge >= 0.3 is 0 Å². The molecule has 4 heteroatoms. The van der Waals surface area contributed by atoms with Crippen LogP contribution in [0.1, 0.15) is 17.2 Å². The summed E-state index contributed by atoms with van der Waals surface area (Å²) >= 11 is 0. The van der Waals surface area contributed by atoms with E-state index in [2.05, 4.69) is 0 Å². The van der Waals surface area contributed by atoms with Crippen LogP contribution in [0.15, 0.2) is 48.5 Å². The maximum absolute atomic E-state index is 13.1. The van der Waals surface area contributed by atoms with Crippen LogP contribution >= 0.6 is 0 Å². The van der Waals surface area contributed by atoms with E-state index < -0.39 is 6.10 Å². The number of aliphatic hydroxyl groups excluding tert-OH is 1. The molecule has 0 saturated carbocycles. The van der Waals surface area contributed by atoms with Gasteiger partial charge in [-0.25, -0.2) is 8.78 Å². The number of likely N-dealkylation sites (N-methyl/N-ethyl adjacent to an activating group) is 1. The summed E-state index contributed by atoms with van der Waals surface area (Å²) < 4.78 is 25.9. The fourth-order valence-electron chi connectivity index (χ4n) is 2.10. The van der Waals surface area contributed by atoms with Crippen molar-refractivity contribution in [1.82, 2.24) is 4.90 Å². The summed E-state index contributed by atoms with van der Waals surface area (Å²) in [5.74, 6) is -0.593. The second-order valence-corrected chi connectivity index (χ2v) is 4.89. The average molecular weight is 277 g/mol. The predicted octanol–water partition coefficient (Wildman–Crippen LogP) is 3.13. The minimum absolute atomic E-state index is 0.269. The van der Waals surface area contributed by atoms with Gasteiger partial charge in [-0.05, 0) is 42.4 Å². The lowest BCUT2D eigenvalue weighted by Gasteiger charge is -2.21. The first-order valence-electron chi connectivity index (χ1n) is 6.41. The van der Waals surface area contributed by atoms with Crippen LogP contribution in [-0.2, 0) is 6.54 Å². The molecule has 1 unspecified atom stereocenters. The molecule has 0 amide bonds. The number of benzene rings is 2. The molecule has 106 valence electrons. The maximum Gasteiger partial charge on any atom is 0.123 e. The molecule has 1 atom stereocenters. The van der Waals surface area contributed by atoms with Crippen molar-refractivity contribution in [1.29, 1.82) is 0 Å². The Morgan fingerprint density at radius 3 is 2.40 bits per heavy atom. The molecule has 1 N–H and O–H groups in total. The molecule has 0 radical (unpaired) electrons. The molecule has 2 aromatic carbocycles. The van der Waals surface area contributed by atoms with Crippen molar-refractivity contribution < 1.29 is 13.9 Å². The van der Waals surface area contributed by atoms with Crippen LogP contribution in [0, 0.1) is 11.6 Å². The van der Waals surface area contributed by atoms with Crippen molar-refractivity contribution in [2.75, 3.05) is 13.6 Å². The van der Waals surface area contributed by atoms with E-state index in [-0.39, 0.29) is 11.6 Å². The van der Waals surface area contributed by atoms with Crippen molar-refractivity contribution in [3.05, 3.63) is 71.3 Å². The Morgan fingerprint density at radius 2 is 1.75 bits per heavy atom. The summed E-state index contributed by atoms with van der Waals surface area (Å²) in [7, 11) is 1.84. The number of hydrogen-bond acceptors (Lipinski definition) is 2. The van der Waals surface area contributed by atoms with Crippen molar-refractivity contribution in [2.45, 2.75) is 12.6 Å². The van der Waals surface area contributed by atoms with Gasteiger partial charge in [0.05, 0.1) is 6.10 Å². The maximum atomic E-state index is 13.1. The number of halogens is 2. The van der Waals surface area contributed by atoms with Crippen molar-refractivity contribution in [3.63, 3.8) is 0 Å². The topological polar surface area (TPSA) is 23.5 Å². The van der Waals surface area contributed by atoms with Crippen molar-refractivity contribution in [3.8, 4) is 0 Å². The van der Waals surface area contributed by atoms with Crippen LogP contribution in [0.25, 0.3) is 0 Å². The molecule has 0 fully saturated rings. The summed E-state index contributed by atoms with van der Waals surface area (Å²) in [5, 5.41) is 10.1. The van der Waals surface area contributed by atoms with Gasteiger partial charge < -0.3 is 5.11 Å². The molecule has 2 rings (SSSR count). The molecule has 0 bridgehead atoms. The fraction of sp³-hybridized carbons (Fsp3) is 0.250. The molecule has 0 saturated heterocycles. The lowest BCUT2D eigenvalue weighted by Crippen LogP contribution is -2.24. The van der Waals surface area contributed by atoms with E-state index in [1.807, 2.05) is 18.0 Å². The molecule has 2 aromatic rings. The van der Waals surface area contributed by atoms with Crippen LogP contribution in [-0.4, -0.2) is 23.6 Å². The highest BCUT2D eigenvalue weighted by atomic mass is 19.1. The molecule has 0 aliphatic carbocycles. The third kappa shape index (κ3) is 4.11. The molecule has 0 aliphatic heterocycles. The van der Waals surface area contributed by atoms with Crippen LogP contribution < -0.4 is 0 Å². The highest BCUT2D eigenvalue weighted by molar-refractivity contribution is 5.19. The molecule has 20 heavy (non-hydrogen) atoms. The summed E-state index contributed by atoms with van der Waals surface area (Å²) in [6, 6.07) is 12.2. The summed E-state index contributed by atoms with van der Waals surface area (Å²) in [5.41, 5.74) is 1.51. The minimum Gasteiger partial charge on any atom is -0.387 e. The zero-order valence-corrected chi connectivity index (χ0v) is 11.3. The normalized spacial score (nSPS) is 12.7. The standard InChI is InChI=1S/C16H17F2NO/c1-19(10-12-3-2-4-15(18)9-12)11-16(20)13-5-7-14(17)8-6-13/h2-9,16,20H,10-11H2,1H3. The van der Waals surface area contributed by atoms with Crippen LogP contribution in [0.5, 0.6) is 0 Å². The van der Waals surface area contributed by atoms with E-state index in [0.29, 0.717) is 18.7 Å². The lowest BCUT2D eigenvalue weighted by molar-refractivity contribution is 0.123. The smallest absolute Gasteiger partial charge is 0.123 e. The first-order chi connectivity index (χ1) is 9.54. The Balaban J connectivity index is 1.93. The monoisotopic (exact) mass is 277 g/mol. The van der Waals surface area contributed by atoms with Gasteiger partial charge in [-0.15, -0.1) is 0 Å². The fourth-order valence-corrected chi connectivity index (χ4v) is 2.10. The Hall–Kier alpha value is -1.78. The minimum atomic E-state index is -0.700. The van der Waals surface area contributed by atoms with Gasteiger partial charge in [0.1, 0.15) is 11.6 Å².